The van der Waals surface area contributed by atoms with Crippen molar-refractivity contribution in [2.75, 3.05) is 0 Å². The van der Waals surface area contributed by atoms with Gasteiger partial charge >= 0.3 is 0 Å². The van der Waals surface area contributed by atoms with E-state index in [1.807, 2.05) is 43.6 Å². The van der Waals surface area contributed by atoms with Crippen LogP contribution < -0.4 is 0 Å². The van der Waals surface area contributed by atoms with E-state index in [1.165, 1.54) is 0 Å². The third kappa shape index (κ3) is 2.72. The second-order valence-corrected chi connectivity index (χ2v) is 7.44. The molecule has 0 aliphatic rings. The van der Waals surface area contributed by atoms with Crippen molar-refractivity contribution in [3.8, 4) is 17.1 Å². The van der Waals surface area contributed by atoms with Crippen LogP contribution in [-0.4, -0.2) is 9.55 Å². The van der Waals surface area contributed by atoms with E-state index < -0.39 is 0 Å². The maximum atomic E-state index is 6.04. The van der Waals surface area contributed by atoms with E-state index in [0.717, 1.165) is 36.0 Å². The fourth-order valence-electron chi connectivity index (χ4n) is 2.61. The van der Waals surface area contributed by atoms with E-state index in [0.29, 0.717) is 5.89 Å². The second-order valence-electron chi connectivity index (χ2n) is 5.34. The molecule has 0 N–H and O–H groups in total. The maximum absolute atomic E-state index is 6.04. The number of halogens is 2. The van der Waals surface area contributed by atoms with Crippen LogP contribution >= 0.6 is 38.5 Å². The zero-order chi connectivity index (χ0) is 16.0. The first-order chi connectivity index (χ1) is 11.1. The molecule has 0 fully saturated rings. The zero-order valence-corrected chi connectivity index (χ0v) is 16.0. The van der Waals surface area contributed by atoms with Crippen molar-refractivity contribution in [3.63, 3.8) is 0 Å². The summed E-state index contributed by atoms with van der Waals surface area (Å²) >= 11 is 5.87. The Balaban J connectivity index is 1.91. The van der Waals surface area contributed by atoms with Crippen LogP contribution in [0.2, 0.25) is 0 Å². The average molecular weight is 479 g/mol. The lowest BCUT2D eigenvalue weighted by molar-refractivity contribution is 0.617. The van der Waals surface area contributed by atoms with Gasteiger partial charge in [-0.15, -0.1) is 0 Å². The van der Waals surface area contributed by atoms with Gasteiger partial charge in [0.2, 0.25) is 5.89 Å². The molecule has 23 heavy (non-hydrogen) atoms. The molecule has 114 valence electrons. The monoisotopic (exact) mass is 478 g/mol. The molecule has 0 saturated heterocycles. The SMILES string of the molecule is Cc1cc(-n2cccc2)cc2nc(-c3cc(I)ccc3Br)oc12. The summed E-state index contributed by atoms with van der Waals surface area (Å²) in [6, 6.07) is 14.3. The van der Waals surface area contributed by atoms with Crippen LogP contribution in [-0.2, 0) is 0 Å². The Bertz CT molecular complexity index is 1010. The molecule has 0 radical (unpaired) electrons. The molecular weight excluding hydrogens is 467 g/mol. The first-order valence-electron chi connectivity index (χ1n) is 7.12. The van der Waals surface area contributed by atoms with Crippen LogP contribution in [0.5, 0.6) is 0 Å². The number of benzene rings is 2. The molecule has 0 saturated carbocycles. The molecule has 2 aromatic carbocycles. The van der Waals surface area contributed by atoms with E-state index >= 15 is 0 Å². The van der Waals surface area contributed by atoms with Gasteiger partial charge < -0.3 is 8.98 Å². The minimum atomic E-state index is 0.637. The van der Waals surface area contributed by atoms with Gasteiger partial charge in [-0.1, -0.05) is 0 Å². The molecule has 0 amide bonds. The third-order valence-electron chi connectivity index (χ3n) is 3.72. The molecule has 2 heterocycles. The Labute approximate surface area is 155 Å². The fourth-order valence-corrected chi connectivity index (χ4v) is 3.52. The summed E-state index contributed by atoms with van der Waals surface area (Å²) in [5.74, 6) is 0.637. The minimum Gasteiger partial charge on any atom is -0.436 e. The highest BCUT2D eigenvalue weighted by Crippen LogP contribution is 2.33. The Morgan fingerprint density at radius 3 is 2.70 bits per heavy atom. The molecule has 4 aromatic rings. The number of hydrogen-bond donors (Lipinski definition) is 0. The van der Waals surface area contributed by atoms with Gasteiger partial charge in [0.1, 0.15) is 5.52 Å². The average Bonchev–Trinajstić information content (AvgIpc) is 3.18. The van der Waals surface area contributed by atoms with E-state index in [1.54, 1.807) is 0 Å². The topological polar surface area (TPSA) is 31.0 Å². The van der Waals surface area contributed by atoms with Gasteiger partial charge in [-0.25, -0.2) is 4.98 Å². The lowest BCUT2D eigenvalue weighted by Gasteiger charge is -2.03. The van der Waals surface area contributed by atoms with Crippen molar-refractivity contribution in [2.24, 2.45) is 0 Å². The number of aromatic nitrogens is 2. The number of rotatable bonds is 2. The van der Waals surface area contributed by atoms with Gasteiger partial charge in [-0.2, -0.15) is 0 Å². The molecule has 0 atom stereocenters. The van der Waals surface area contributed by atoms with E-state index in [2.05, 4.69) is 61.3 Å². The normalized spacial score (nSPS) is 11.3. The summed E-state index contributed by atoms with van der Waals surface area (Å²) in [6.45, 7) is 2.05. The van der Waals surface area contributed by atoms with Gasteiger partial charge in [0, 0.05) is 26.1 Å². The van der Waals surface area contributed by atoms with Crippen LogP contribution in [0.1, 0.15) is 5.56 Å². The molecule has 4 rings (SSSR count). The predicted octanol–water partition coefficient (Wildman–Crippen LogP) is 5.96. The van der Waals surface area contributed by atoms with Crippen molar-refractivity contribution in [1.82, 2.24) is 9.55 Å². The molecule has 0 aliphatic heterocycles. The Morgan fingerprint density at radius 1 is 1.13 bits per heavy atom. The number of nitrogens with zero attached hydrogens (tertiary/aromatic N) is 2. The Hall–Kier alpha value is -1.60. The molecule has 0 aliphatic carbocycles. The van der Waals surface area contributed by atoms with Gasteiger partial charge in [-0.3, -0.25) is 0 Å². The molecule has 3 nitrogen and oxygen atoms in total. The van der Waals surface area contributed by atoms with Gasteiger partial charge in [0.15, 0.2) is 5.58 Å². The predicted molar refractivity (Wildman–Crippen MR) is 104 cm³/mol. The summed E-state index contributed by atoms with van der Waals surface area (Å²) in [7, 11) is 0. The highest BCUT2D eigenvalue weighted by atomic mass is 127. The van der Waals surface area contributed by atoms with Crippen molar-refractivity contribution in [2.45, 2.75) is 6.92 Å². The lowest BCUT2D eigenvalue weighted by atomic mass is 10.2. The standard InChI is InChI=1S/C18H12BrIN2O/c1-11-8-13(22-6-2-3-7-22)10-16-17(11)23-18(21-16)14-9-12(20)4-5-15(14)19/h2-10H,1H3. The number of fused-ring (bicyclic) bond motifs is 1. The molecule has 0 spiro atoms. The van der Waals surface area contributed by atoms with Crippen LogP contribution in [0.15, 0.2) is 63.7 Å². The number of hydrogen-bond acceptors (Lipinski definition) is 2. The molecule has 2 aromatic heterocycles. The molecule has 0 bridgehead atoms. The third-order valence-corrected chi connectivity index (χ3v) is 5.08. The summed E-state index contributed by atoms with van der Waals surface area (Å²) < 4.78 is 10.2. The van der Waals surface area contributed by atoms with Crippen LogP contribution in [0.4, 0.5) is 0 Å². The van der Waals surface area contributed by atoms with E-state index in [4.69, 9.17) is 9.40 Å². The minimum absolute atomic E-state index is 0.637. The Kier molecular flexibility index (Phi) is 3.77. The van der Waals surface area contributed by atoms with Crippen molar-refractivity contribution in [1.29, 1.82) is 0 Å². The van der Waals surface area contributed by atoms with Crippen LogP contribution in [0.25, 0.3) is 28.2 Å². The number of oxazole rings is 1. The first kappa shape index (κ1) is 15.0. The Morgan fingerprint density at radius 2 is 1.91 bits per heavy atom. The van der Waals surface area contributed by atoms with Gasteiger partial charge in [-0.05, 0) is 93.5 Å². The lowest BCUT2D eigenvalue weighted by Crippen LogP contribution is -1.90. The second kappa shape index (κ2) is 5.79. The maximum Gasteiger partial charge on any atom is 0.228 e. The summed E-state index contributed by atoms with van der Waals surface area (Å²) in [5.41, 5.74) is 4.83. The van der Waals surface area contributed by atoms with E-state index in [9.17, 15) is 0 Å². The smallest absolute Gasteiger partial charge is 0.228 e. The van der Waals surface area contributed by atoms with Crippen molar-refractivity contribution < 1.29 is 4.42 Å². The summed E-state index contributed by atoms with van der Waals surface area (Å²) in [4.78, 5) is 4.70. The zero-order valence-electron chi connectivity index (χ0n) is 12.3. The summed E-state index contributed by atoms with van der Waals surface area (Å²) in [6.07, 6.45) is 4.05. The quantitative estimate of drug-likeness (QED) is 0.333. The van der Waals surface area contributed by atoms with Gasteiger partial charge in [0.05, 0.1) is 5.56 Å². The van der Waals surface area contributed by atoms with Crippen LogP contribution in [0, 0.1) is 10.5 Å². The van der Waals surface area contributed by atoms with Crippen LogP contribution in [0.3, 0.4) is 0 Å². The first-order valence-corrected chi connectivity index (χ1v) is 8.99. The largest absolute Gasteiger partial charge is 0.436 e. The highest BCUT2D eigenvalue weighted by molar-refractivity contribution is 14.1. The molecule has 0 unspecified atom stereocenters. The highest BCUT2D eigenvalue weighted by Gasteiger charge is 2.14. The van der Waals surface area contributed by atoms with Gasteiger partial charge in [0.25, 0.3) is 0 Å². The molecule has 5 heteroatoms. The summed E-state index contributed by atoms with van der Waals surface area (Å²) in [5, 5.41) is 0. The van der Waals surface area contributed by atoms with E-state index in [-0.39, 0.29) is 0 Å². The molecular formula is C18H12BrIN2O. The number of aryl methyl sites for hydroxylation is 1. The van der Waals surface area contributed by atoms with Crippen molar-refractivity contribution in [3.05, 3.63) is 68.5 Å². The van der Waals surface area contributed by atoms with Crippen molar-refractivity contribution >= 4 is 49.6 Å². The fraction of sp³-hybridized carbons (Fsp3) is 0.0556.